The highest BCUT2D eigenvalue weighted by Crippen LogP contribution is 2.24. The van der Waals surface area contributed by atoms with Crippen molar-refractivity contribution in [1.82, 2.24) is 4.90 Å². The first-order valence-corrected chi connectivity index (χ1v) is 8.29. The maximum absolute atomic E-state index is 14.2. The first kappa shape index (κ1) is 17.1. The molecule has 2 N–H and O–H groups in total. The van der Waals surface area contributed by atoms with Crippen LogP contribution in [0.5, 0.6) is 0 Å². The lowest BCUT2D eigenvalue weighted by molar-refractivity contribution is 0.0788. The van der Waals surface area contributed by atoms with Gasteiger partial charge in [-0.2, -0.15) is 0 Å². The minimum atomic E-state index is -4.23. The molecular formula is C12H16BrFN2O3S. The third-order valence-corrected chi connectivity index (χ3v) is 4.10. The van der Waals surface area contributed by atoms with Crippen LogP contribution in [0.2, 0.25) is 0 Å². The second-order valence-electron chi connectivity index (χ2n) is 4.39. The molecule has 112 valence electrons. The summed E-state index contributed by atoms with van der Waals surface area (Å²) in [5, 5.41) is 4.94. The molecule has 0 atom stereocenters. The Hall–Kier alpha value is -0.990. The maximum atomic E-state index is 14.2. The van der Waals surface area contributed by atoms with Crippen LogP contribution in [-0.4, -0.2) is 32.8 Å². The van der Waals surface area contributed by atoms with Crippen molar-refractivity contribution in [1.29, 1.82) is 0 Å². The maximum Gasteiger partial charge on any atom is 0.256 e. The zero-order chi connectivity index (χ0) is 15.5. The number of nitrogens with two attached hydrogens (primary N) is 1. The van der Waals surface area contributed by atoms with E-state index < -0.39 is 26.6 Å². The minimum Gasteiger partial charge on any atom is -0.342 e. The van der Waals surface area contributed by atoms with Crippen LogP contribution in [0.3, 0.4) is 0 Å². The summed E-state index contributed by atoms with van der Waals surface area (Å²) in [7, 11) is -2.69. The Morgan fingerprint density at radius 3 is 2.55 bits per heavy atom. The molecular weight excluding hydrogens is 351 g/mol. The molecule has 1 amide bonds. The zero-order valence-electron chi connectivity index (χ0n) is 11.2. The average Bonchev–Trinajstić information content (AvgIpc) is 2.36. The fourth-order valence-corrected chi connectivity index (χ4v) is 2.89. The number of unbranched alkanes of at least 4 members (excludes halogenated alkanes) is 1. The zero-order valence-corrected chi connectivity index (χ0v) is 13.6. The molecule has 0 heterocycles. The Bertz CT molecular complexity index is 619. The number of nitrogens with zero attached hydrogens (tertiary/aromatic N) is 1. The average molecular weight is 367 g/mol. The highest BCUT2D eigenvalue weighted by atomic mass is 79.9. The molecule has 0 saturated carbocycles. The number of carbonyl (C=O) groups is 1. The number of sulfonamides is 1. The van der Waals surface area contributed by atoms with Gasteiger partial charge in [0.25, 0.3) is 5.91 Å². The van der Waals surface area contributed by atoms with E-state index in [-0.39, 0.29) is 10.0 Å². The lowest BCUT2D eigenvalue weighted by Crippen LogP contribution is -2.29. The molecule has 0 aliphatic rings. The summed E-state index contributed by atoms with van der Waals surface area (Å²) in [6.07, 6.45) is 1.67. The van der Waals surface area contributed by atoms with Gasteiger partial charge in [-0.05, 0) is 18.6 Å². The largest absolute Gasteiger partial charge is 0.342 e. The smallest absolute Gasteiger partial charge is 0.256 e. The Morgan fingerprint density at radius 2 is 2.05 bits per heavy atom. The molecule has 0 radical (unpaired) electrons. The highest BCUT2D eigenvalue weighted by molar-refractivity contribution is 9.10. The van der Waals surface area contributed by atoms with E-state index in [4.69, 9.17) is 5.14 Å². The number of rotatable bonds is 5. The van der Waals surface area contributed by atoms with Gasteiger partial charge in [0.15, 0.2) is 5.82 Å². The van der Waals surface area contributed by atoms with E-state index in [0.29, 0.717) is 6.54 Å². The summed E-state index contributed by atoms with van der Waals surface area (Å²) < 4.78 is 37.1. The van der Waals surface area contributed by atoms with Crippen molar-refractivity contribution in [3.05, 3.63) is 28.0 Å². The number of amides is 1. The summed E-state index contributed by atoms with van der Waals surface area (Å²) in [5.41, 5.74) is -0.318. The van der Waals surface area contributed by atoms with Crippen LogP contribution in [-0.2, 0) is 10.0 Å². The van der Waals surface area contributed by atoms with Crippen molar-refractivity contribution in [2.45, 2.75) is 24.7 Å². The molecule has 1 rings (SSSR count). The molecule has 5 nitrogen and oxygen atoms in total. The van der Waals surface area contributed by atoms with E-state index in [0.717, 1.165) is 18.9 Å². The van der Waals surface area contributed by atoms with Gasteiger partial charge in [-0.15, -0.1) is 0 Å². The minimum absolute atomic E-state index is 0.273. The molecule has 1 aromatic rings. The summed E-state index contributed by atoms with van der Waals surface area (Å²) in [4.78, 5) is 12.8. The Balaban J connectivity index is 3.26. The van der Waals surface area contributed by atoms with Gasteiger partial charge in [-0.3, -0.25) is 4.79 Å². The number of hydrogen-bond acceptors (Lipinski definition) is 3. The molecule has 1 aromatic carbocycles. The van der Waals surface area contributed by atoms with Gasteiger partial charge in [0.1, 0.15) is 4.90 Å². The van der Waals surface area contributed by atoms with Crippen LogP contribution in [0, 0.1) is 5.82 Å². The molecule has 20 heavy (non-hydrogen) atoms. The van der Waals surface area contributed by atoms with Crippen LogP contribution in [0.4, 0.5) is 4.39 Å². The third kappa shape index (κ3) is 4.00. The van der Waals surface area contributed by atoms with Crippen LogP contribution in [0.25, 0.3) is 0 Å². The van der Waals surface area contributed by atoms with Gasteiger partial charge in [0, 0.05) is 18.1 Å². The lowest BCUT2D eigenvalue weighted by atomic mass is 10.2. The normalized spacial score (nSPS) is 11.4. The SMILES string of the molecule is CCCCN(C)C(=O)c1cc(Br)cc(S(N)(=O)=O)c1F. The number of halogens is 2. The van der Waals surface area contributed by atoms with Crippen LogP contribution in [0.15, 0.2) is 21.5 Å². The molecule has 0 fully saturated rings. The molecule has 0 aliphatic carbocycles. The lowest BCUT2D eigenvalue weighted by Gasteiger charge is -2.18. The molecule has 8 heteroatoms. The first-order valence-electron chi connectivity index (χ1n) is 5.95. The fourth-order valence-electron chi connectivity index (χ4n) is 1.63. The highest BCUT2D eigenvalue weighted by Gasteiger charge is 2.24. The molecule has 0 bridgehead atoms. The summed E-state index contributed by atoms with van der Waals surface area (Å²) in [6.45, 7) is 2.43. The van der Waals surface area contributed by atoms with Gasteiger partial charge < -0.3 is 4.90 Å². The molecule has 0 spiro atoms. The Morgan fingerprint density at radius 1 is 1.45 bits per heavy atom. The van der Waals surface area contributed by atoms with Crippen molar-refractivity contribution in [3.63, 3.8) is 0 Å². The predicted molar refractivity (Wildman–Crippen MR) is 77.3 cm³/mol. The van der Waals surface area contributed by atoms with E-state index >= 15 is 0 Å². The second kappa shape index (κ2) is 6.64. The third-order valence-electron chi connectivity index (χ3n) is 2.73. The summed E-state index contributed by atoms with van der Waals surface area (Å²) in [6, 6.07) is 2.28. The number of hydrogen-bond donors (Lipinski definition) is 1. The number of carbonyl (C=O) groups excluding carboxylic acids is 1. The Labute approximate surface area is 126 Å². The molecule has 0 unspecified atom stereocenters. The van der Waals surface area contributed by atoms with Crippen molar-refractivity contribution >= 4 is 31.9 Å². The van der Waals surface area contributed by atoms with Crippen molar-refractivity contribution in [2.24, 2.45) is 5.14 Å². The van der Waals surface area contributed by atoms with Crippen LogP contribution in [0.1, 0.15) is 30.1 Å². The number of primary sulfonamides is 1. The topological polar surface area (TPSA) is 80.5 Å². The standard InChI is InChI=1S/C12H16BrFN2O3S/c1-3-4-5-16(2)12(17)9-6-8(13)7-10(11(9)14)20(15,18)19/h6-7H,3-5H2,1-2H3,(H2,15,18,19). The van der Waals surface area contributed by atoms with E-state index in [1.807, 2.05) is 6.92 Å². The van der Waals surface area contributed by atoms with Crippen LogP contribution >= 0.6 is 15.9 Å². The van der Waals surface area contributed by atoms with Crippen LogP contribution < -0.4 is 5.14 Å². The van der Waals surface area contributed by atoms with Gasteiger partial charge in [-0.25, -0.2) is 17.9 Å². The molecule has 0 saturated heterocycles. The predicted octanol–water partition coefficient (Wildman–Crippen LogP) is 2.11. The van der Waals surface area contributed by atoms with Crippen molar-refractivity contribution in [2.75, 3.05) is 13.6 Å². The van der Waals surface area contributed by atoms with Crippen molar-refractivity contribution in [3.8, 4) is 0 Å². The Kier molecular flexibility index (Phi) is 5.67. The quantitative estimate of drug-likeness (QED) is 0.866. The van der Waals surface area contributed by atoms with Gasteiger partial charge in [0.2, 0.25) is 10.0 Å². The van der Waals surface area contributed by atoms with E-state index in [1.54, 1.807) is 0 Å². The van der Waals surface area contributed by atoms with E-state index in [9.17, 15) is 17.6 Å². The summed E-state index contributed by atoms with van der Waals surface area (Å²) >= 11 is 3.05. The number of benzene rings is 1. The van der Waals surface area contributed by atoms with E-state index in [2.05, 4.69) is 15.9 Å². The first-order chi connectivity index (χ1) is 9.18. The van der Waals surface area contributed by atoms with Crippen molar-refractivity contribution < 1.29 is 17.6 Å². The summed E-state index contributed by atoms with van der Waals surface area (Å²) in [5.74, 6) is -1.70. The van der Waals surface area contributed by atoms with Gasteiger partial charge >= 0.3 is 0 Å². The molecule has 0 aromatic heterocycles. The second-order valence-corrected chi connectivity index (χ2v) is 6.84. The van der Waals surface area contributed by atoms with E-state index in [1.165, 1.54) is 18.0 Å². The molecule has 0 aliphatic heterocycles. The fraction of sp³-hybridized carbons (Fsp3) is 0.417. The monoisotopic (exact) mass is 366 g/mol. The van der Waals surface area contributed by atoms with Gasteiger partial charge in [-0.1, -0.05) is 29.3 Å². The van der Waals surface area contributed by atoms with Gasteiger partial charge in [0.05, 0.1) is 5.56 Å².